The second-order valence-corrected chi connectivity index (χ2v) is 8.23. The average molecular weight is 399 g/mol. The lowest BCUT2D eigenvalue weighted by molar-refractivity contribution is 0.0606. The number of rotatable bonds is 6. The highest BCUT2D eigenvalue weighted by molar-refractivity contribution is 8.02. The largest absolute Gasteiger partial charge is 0.465 e. The van der Waals surface area contributed by atoms with Gasteiger partial charge in [0.25, 0.3) is 0 Å². The summed E-state index contributed by atoms with van der Waals surface area (Å²) in [6, 6.07) is 10.0. The highest BCUT2D eigenvalue weighted by atomic mass is 35.5. The Balaban J connectivity index is 1.63. The molecule has 2 aromatic heterocycles. The van der Waals surface area contributed by atoms with Crippen LogP contribution < -0.4 is 5.32 Å². The van der Waals surface area contributed by atoms with Crippen molar-refractivity contribution in [3.05, 3.63) is 45.9 Å². The van der Waals surface area contributed by atoms with Gasteiger partial charge in [0.05, 0.1) is 7.11 Å². The van der Waals surface area contributed by atoms with E-state index < -0.39 is 5.97 Å². The maximum atomic E-state index is 11.5. The summed E-state index contributed by atoms with van der Waals surface area (Å²) in [5.41, 5.74) is 1.16. The first-order valence-corrected chi connectivity index (χ1v) is 9.52. The smallest absolute Gasteiger partial charge is 0.351 e. The summed E-state index contributed by atoms with van der Waals surface area (Å²) in [5, 5.41) is 12.3. The fourth-order valence-electron chi connectivity index (χ4n) is 1.72. The molecule has 0 bridgehead atoms. The maximum Gasteiger partial charge on any atom is 0.351 e. The van der Waals surface area contributed by atoms with Crippen molar-refractivity contribution >= 4 is 57.1 Å². The van der Waals surface area contributed by atoms with Crippen molar-refractivity contribution in [2.45, 2.75) is 15.2 Å². The van der Waals surface area contributed by atoms with E-state index in [9.17, 15) is 4.79 Å². The number of ether oxygens (including phenoxy) is 1. The van der Waals surface area contributed by atoms with Crippen molar-refractivity contribution in [2.75, 3.05) is 12.4 Å². The van der Waals surface area contributed by atoms with E-state index in [-0.39, 0.29) is 10.0 Å². The molecule has 0 aliphatic heterocycles. The van der Waals surface area contributed by atoms with E-state index in [1.165, 1.54) is 41.5 Å². The van der Waals surface area contributed by atoms with Crippen molar-refractivity contribution in [3.63, 3.8) is 0 Å². The number of nitrogens with zero attached hydrogens (tertiary/aromatic N) is 3. The molecule has 3 rings (SSSR count). The van der Waals surface area contributed by atoms with Gasteiger partial charge in [-0.05, 0) is 17.3 Å². The first kappa shape index (κ1) is 17.2. The van der Waals surface area contributed by atoms with Crippen LogP contribution in [0.2, 0.25) is 5.15 Å². The van der Waals surface area contributed by atoms with E-state index in [0.29, 0.717) is 15.2 Å². The van der Waals surface area contributed by atoms with Crippen molar-refractivity contribution in [2.24, 2.45) is 0 Å². The summed E-state index contributed by atoms with van der Waals surface area (Å²) in [7, 11) is 1.31. The molecule has 0 saturated heterocycles. The van der Waals surface area contributed by atoms with Crippen LogP contribution >= 0.6 is 46.0 Å². The van der Waals surface area contributed by atoms with Crippen molar-refractivity contribution in [3.8, 4) is 0 Å². The van der Waals surface area contributed by atoms with E-state index in [4.69, 9.17) is 11.6 Å². The molecule has 6 nitrogen and oxygen atoms in total. The van der Waals surface area contributed by atoms with Gasteiger partial charge in [-0.2, -0.15) is 0 Å². The van der Waals surface area contributed by atoms with Crippen LogP contribution in [-0.4, -0.2) is 28.3 Å². The number of carbonyl (C=O) groups excluding carboxylic acids is 1. The molecule has 1 N–H and O–H groups in total. The Morgan fingerprint density at radius 3 is 2.79 bits per heavy atom. The number of anilines is 1. The molecule has 0 aliphatic carbocycles. The maximum absolute atomic E-state index is 11.5. The number of thiazole rings is 1. The van der Waals surface area contributed by atoms with Gasteiger partial charge in [0.15, 0.2) is 18.7 Å². The molecular weight excluding hydrogens is 388 g/mol. The molecule has 0 aliphatic rings. The average Bonchev–Trinajstić information content (AvgIpc) is 3.20. The fourth-order valence-corrected chi connectivity index (χ4v) is 4.99. The second-order valence-electron chi connectivity index (χ2n) is 4.41. The zero-order valence-electron chi connectivity index (χ0n) is 12.4. The lowest BCUT2D eigenvalue weighted by Gasteiger charge is -2.00. The molecular formula is C14H11ClN4O2S3. The number of hydrogen-bond donors (Lipinski definition) is 1. The van der Waals surface area contributed by atoms with Crippen LogP contribution in [0.4, 0.5) is 5.13 Å². The third kappa shape index (κ3) is 4.23. The van der Waals surface area contributed by atoms with E-state index >= 15 is 0 Å². The highest BCUT2D eigenvalue weighted by Crippen LogP contribution is 2.37. The minimum absolute atomic E-state index is 0.140. The number of halogens is 1. The van der Waals surface area contributed by atoms with Gasteiger partial charge in [-0.3, -0.25) is 0 Å². The van der Waals surface area contributed by atoms with E-state index in [1.807, 2.05) is 30.3 Å². The molecule has 10 heteroatoms. The van der Waals surface area contributed by atoms with Crippen LogP contribution in [0.1, 0.15) is 15.2 Å². The molecule has 1 aromatic carbocycles. The van der Waals surface area contributed by atoms with Crippen LogP contribution in [0.5, 0.6) is 0 Å². The molecule has 0 radical (unpaired) electrons. The van der Waals surface area contributed by atoms with E-state index in [1.54, 1.807) is 0 Å². The highest BCUT2D eigenvalue weighted by Gasteiger charge is 2.19. The number of carbonyl (C=O) groups is 1. The van der Waals surface area contributed by atoms with Crippen molar-refractivity contribution < 1.29 is 9.53 Å². The van der Waals surface area contributed by atoms with Gasteiger partial charge in [-0.1, -0.05) is 64.6 Å². The molecule has 0 saturated carbocycles. The molecule has 0 amide bonds. The number of hydrogen-bond acceptors (Lipinski definition) is 9. The Hall–Kier alpha value is -1.68. The Morgan fingerprint density at radius 1 is 1.25 bits per heavy atom. The SMILES string of the molecule is COC(=O)c1sc(Sc2nnc(NCc3ccccc3)s2)nc1Cl. The minimum atomic E-state index is -0.494. The first-order chi connectivity index (χ1) is 11.7. The summed E-state index contributed by atoms with van der Waals surface area (Å²) >= 11 is 9.84. The molecule has 0 unspecified atom stereocenters. The summed E-state index contributed by atoms with van der Waals surface area (Å²) in [6.45, 7) is 0.676. The first-order valence-electron chi connectivity index (χ1n) is 6.69. The summed E-state index contributed by atoms with van der Waals surface area (Å²) in [5.74, 6) is -0.494. The van der Waals surface area contributed by atoms with Crippen LogP contribution in [0.3, 0.4) is 0 Å². The van der Waals surface area contributed by atoms with Gasteiger partial charge in [0, 0.05) is 6.54 Å². The third-order valence-electron chi connectivity index (χ3n) is 2.80. The quantitative estimate of drug-likeness (QED) is 0.623. The lowest BCUT2D eigenvalue weighted by atomic mass is 10.2. The molecule has 2 heterocycles. The standard InChI is InChI=1S/C14H11ClN4O2S3/c1-21-11(20)9-10(15)17-13(22-9)24-14-19-18-12(23-14)16-7-8-5-3-2-4-6-8/h2-6H,7H2,1H3,(H,16,18). The topological polar surface area (TPSA) is 77.0 Å². The molecule has 0 atom stereocenters. The monoisotopic (exact) mass is 398 g/mol. The van der Waals surface area contributed by atoms with E-state index in [0.717, 1.165) is 10.7 Å². The fraction of sp³-hybridized carbons (Fsp3) is 0.143. The van der Waals surface area contributed by atoms with Gasteiger partial charge < -0.3 is 10.1 Å². The lowest BCUT2D eigenvalue weighted by Crippen LogP contribution is -1.98. The zero-order chi connectivity index (χ0) is 16.9. The Bertz CT molecular complexity index is 838. The van der Waals surface area contributed by atoms with Crippen molar-refractivity contribution in [1.82, 2.24) is 15.2 Å². The Kier molecular flexibility index (Phi) is 5.67. The third-order valence-corrected chi connectivity index (χ3v) is 6.22. The van der Waals surface area contributed by atoms with Crippen LogP contribution in [0.15, 0.2) is 39.0 Å². The predicted molar refractivity (Wildman–Crippen MR) is 96.3 cm³/mol. The molecule has 24 heavy (non-hydrogen) atoms. The van der Waals surface area contributed by atoms with E-state index in [2.05, 4.69) is 25.2 Å². The van der Waals surface area contributed by atoms with Gasteiger partial charge in [0.1, 0.15) is 0 Å². The summed E-state index contributed by atoms with van der Waals surface area (Å²) in [4.78, 5) is 16.0. The number of esters is 1. The van der Waals surface area contributed by atoms with Crippen LogP contribution in [0, 0.1) is 0 Å². The molecule has 3 aromatic rings. The zero-order valence-corrected chi connectivity index (χ0v) is 15.6. The summed E-state index contributed by atoms with van der Waals surface area (Å²) in [6.07, 6.45) is 0. The number of nitrogens with one attached hydrogen (secondary N) is 1. The van der Waals surface area contributed by atoms with Gasteiger partial charge >= 0.3 is 5.97 Å². The Morgan fingerprint density at radius 2 is 2.04 bits per heavy atom. The number of benzene rings is 1. The number of methoxy groups -OCH3 is 1. The molecule has 0 spiro atoms. The summed E-state index contributed by atoms with van der Waals surface area (Å²) < 4.78 is 5.99. The second kappa shape index (κ2) is 7.93. The number of aromatic nitrogens is 3. The van der Waals surface area contributed by atoms with Gasteiger partial charge in [-0.25, -0.2) is 9.78 Å². The minimum Gasteiger partial charge on any atom is -0.465 e. The van der Waals surface area contributed by atoms with Gasteiger partial charge in [-0.15, -0.1) is 10.2 Å². The normalized spacial score (nSPS) is 10.6. The predicted octanol–water partition coefficient (Wildman–Crippen LogP) is 4.20. The van der Waals surface area contributed by atoms with Crippen molar-refractivity contribution in [1.29, 1.82) is 0 Å². The molecule has 0 fully saturated rings. The molecule has 124 valence electrons. The Labute approximate surface area is 155 Å². The van der Waals surface area contributed by atoms with Crippen LogP contribution in [-0.2, 0) is 11.3 Å². The van der Waals surface area contributed by atoms with Gasteiger partial charge in [0.2, 0.25) is 5.13 Å². The van der Waals surface area contributed by atoms with Crippen LogP contribution in [0.25, 0.3) is 0 Å².